The maximum absolute atomic E-state index is 13.1. The van der Waals surface area contributed by atoms with E-state index in [2.05, 4.69) is 5.32 Å². The fourth-order valence-corrected chi connectivity index (χ4v) is 5.89. The number of sulfonamides is 1. The van der Waals surface area contributed by atoms with E-state index in [9.17, 15) is 13.2 Å². The number of nitrogens with zero attached hydrogens (tertiary/aromatic N) is 3. The minimum atomic E-state index is -3.58. The Balaban J connectivity index is 1.47. The lowest BCUT2D eigenvalue weighted by Crippen LogP contribution is -2.28. The first-order valence-corrected chi connectivity index (χ1v) is 12.1. The Morgan fingerprint density at radius 2 is 1.71 bits per heavy atom. The van der Waals surface area contributed by atoms with Crippen LogP contribution in [0, 0.1) is 0 Å². The minimum Gasteiger partial charge on any atom is -0.306 e. The molecule has 0 spiro atoms. The summed E-state index contributed by atoms with van der Waals surface area (Å²) in [6, 6.07) is 16.0. The zero-order chi connectivity index (χ0) is 21.4. The molecule has 7 nitrogen and oxygen atoms in total. The van der Waals surface area contributed by atoms with Gasteiger partial charge in [-0.1, -0.05) is 24.3 Å². The third kappa shape index (κ3) is 3.66. The highest BCUT2D eigenvalue weighted by atomic mass is 32.2. The van der Waals surface area contributed by atoms with Crippen molar-refractivity contribution in [2.45, 2.75) is 37.0 Å². The standard InChI is InChI=1S/C23H24N4O3S/c28-23(17-8-6-11-19(16-17)31(29,30)26-14-4-5-15-26)24-22-20-12-7-13-21(20)25-27(22)18-9-2-1-3-10-18/h1-3,6,8-11,16H,4-5,7,12-15H2,(H,24,28). The summed E-state index contributed by atoms with van der Waals surface area (Å²) >= 11 is 0. The summed E-state index contributed by atoms with van der Waals surface area (Å²) in [6.45, 7) is 1.06. The molecule has 1 aliphatic heterocycles. The van der Waals surface area contributed by atoms with Gasteiger partial charge in [-0.25, -0.2) is 13.1 Å². The second-order valence-electron chi connectivity index (χ2n) is 7.97. The van der Waals surface area contributed by atoms with E-state index in [1.807, 2.05) is 30.3 Å². The van der Waals surface area contributed by atoms with Crippen LogP contribution < -0.4 is 5.32 Å². The van der Waals surface area contributed by atoms with Crippen molar-refractivity contribution in [3.63, 3.8) is 0 Å². The van der Waals surface area contributed by atoms with Gasteiger partial charge in [0, 0.05) is 24.2 Å². The minimum absolute atomic E-state index is 0.156. The molecular weight excluding hydrogens is 412 g/mol. The van der Waals surface area contributed by atoms with E-state index in [1.165, 1.54) is 10.4 Å². The van der Waals surface area contributed by atoms with Crippen LogP contribution in [0.5, 0.6) is 0 Å². The van der Waals surface area contributed by atoms with Gasteiger partial charge in [-0.2, -0.15) is 9.40 Å². The molecule has 3 aromatic rings. The van der Waals surface area contributed by atoms with Gasteiger partial charge in [0.15, 0.2) is 0 Å². The molecule has 8 heteroatoms. The molecule has 5 rings (SSSR count). The summed E-state index contributed by atoms with van der Waals surface area (Å²) in [7, 11) is -3.58. The molecular formula is C23H24N4O3S. The van der Waals surface area contributed by atoms with Crippen molar-refractivity contribution in [3.05, 3.63) is 71.4 Å². The Morgan fingerprint density at radius 1 is 0.935 bits per heavy atom. The van der Waals surface area contributed by atoms with Crippen LogP contribution in [0.4, 0.5) is 5.82 Å². The fraction of sp³-hybridized carbons (Fsp3) is 0.304. The summed E-state index contributed by atoms with van der Waals surface area (Å²) in [5.41, 5.74) is 3.24. The highest BCUT2D eigenvalue weighted by molar-refractivity contribution is 7.89. The van der Waals surface area contributed by atoms with E-state index >= 15 is 0 Å². The number of aromatic nitrogens is 2. The third-order valence-corrected chi connectivity index (χ3v) is 7.83. The van der Waals surface area contributed by atoms with E-state index in [-0.39, 0.29) is 10.8 Å². The van der Waals surface area contributed by atoms with Crippen LogP contribution in [0.15, 0.2) is 59.5 Å². The predicted molar refractivity (Wildman–Crippen MR) is 118 cm³/mol. The summed E-state index contributed by atoms with van der Waals surface area (Å²) in [5.74, 6) is 0.321. The first-order chi connectivity index (χ1) is 15.0. The van der Waals surface area contributed by atoms with Crippen molar-refractivity contribution in [1.82, 2.24) is 14.1 Å². The maximum atomic E-state index is 13.1. The number of amides is 1. The Morgan fingerprint density at radius 3 is 2.48 bits per heavy atom. The molecule has 0 atom stereocenters. The maximum Gasteiger partial charge on any atom is 0.256 e. The highest BCUT2D eigenvalue weighted by Crippen LogP contribution is 2.31. The lowest BCUT2D eigenvalue weighted by atomic mass is 10.2. The van der Waals surface area contributed by atoms with Crippen LogP contribution in [-0.2, 0) is 22.9 Å². The molecule has 0 saturated carbocycles. The number of benzene rings is 2. The van der Waals surface area contributed by atoms with Crippen molar-refractivity contribution in [3.8, 4) is 5.69 Å². The van der Waals surface area contributed by atoms with Gasteiger partial charge in [-0.05, 0) is 62.4 Å². The molecule has 31 heavy (non-hydrogen) atoms. The average Bonchev–Trinajstić information content (AvgIpc) is 3.54. The molecule has 0 bridgehead atoms. The molecule has 160 valence electrons. The van der Waals surface area contributed by atoms with Crippen LogP contribution in [-0.4, -0.2) is 41.5 Å². The van der Waals surface area contributed by atoms with Crippen molar-refractivity contribution < 1.29 is 13.2 Å². The van der Waals surface area contributed by atoms with Gasteiger partial charge in [-0.3, -0.25) is 4.79 Å². The first kappa shape index (κ1) is 20.0. The third-order valence-electron chi connectivity index (χ3n) is 5.94. The van der Waals surface area contributed by atoms with Gasteiger partial charge >= 0.3 is 0 Å². The lowest BCUT2D eigenvalue weighted by molar-refractivity contribution is 0.102. The van der Waals surface area contributed by atoms with Gasteiger partial charge in [0.25, 0.3) is 5.91 Å². The van der Waals surface area contributed by atoms with Crippen molar-refractivity contribution in [2.24, 2.45) is 0 Å². The number of carbonyl (C=O) groups excluding carboxylic acids is 1. The Labute approximate surface area is 181 Å². The number of nitrogens with one attached hydrogen (secondary N) is 1. The second-order valence-corrected chi connectivity index (χ2v) is 9.91. The normalized spacial score (nSPS) is 16.4. The van der Waals surface area contributed by atoms with Crippen molar-refractivity contribution in [1.29, 1.82) is 0 Å². The van der Waals surface area contributed by atoms with Gasteiger partial charge in [0.1, 0.15) is 5.82 Å². The van der Waals surface area contributed by atoms with Crippen molar-refractivity contribution in [2.75, 3.05) is 18.4 Å². The summed E-state index contributed by atoms with van der Waals surface area (Å²) in [5, 5.41) is 7.72. The van der Waals surface area contributed by atoms with Gasteiger partial charge in [0.05, 0.1) is 16.3 Å². The lowest BCUT2D eigenvalue weighted by Gasteiger charge is -2.16. The topological polar surface area (TPSA) is 84.3 Å². The highest BCUT2D eigenvalue weighted by Gasteiger charge is 2.28. The molecule has 2 heterocycles. The summed E-state index contributed by atoms with van der Waals surface area (Å²) in [4.78, 5) is 13.3. The van der Waals surface area contributed by atoms with Gasteiger partial charge in [-0.15, -0.1) is 0 Å². The number of hydrogen-bond acceptors (Lipinski definition) is 4. The van der Waals surface area contributed by atoms with E-state index in [0.717, 1.165) is 49.0 Å². The average molecular weight is 437 g/mol. The van der Waals surface area contributed by atoms with Crippen LogP contribution in [0.2, 0.25) is 0 Å². The number of rotatable bonds is 5. The largest absolute Gasteiger partial charge is 0.306 e. The van der Waals surface area contributed by atoms with Crippen LogP contribution in [0.3, 0.4) is 0 Å². The van der Waals surface area contributed by atoms with Crippen LogP contribution >= 0.6 is 0 Å². The van der Waals surface area contributed by atoms with E-state index in [4.69, 9.17) is 5.10 Å². The number of fused-ring (bicyclic) bond motifs is 1. The summed E-state index contributed by atoms with van der Waals surface area (Å²) < 4.78 is 29.1. The number of hydrogen-bond donors (Lipinski definition) is 1. The Hall–Kier alpha value is -2.97. The number of aryl methyl sites for hydroxylation is 1. The molecule has 1 amide bonds. The molecule has 1 fully saturated rings. The van der Waals surface area contributed by atoms with Crippen LogP contribution in [0.25, 0.3) is 5.69 Å². The molecule has 2 aromatic carbocycles. The predicted octanol–water partition coefficient (Wildman–Crippen LogP) is 3.40. The van der Waals surface area contributed by atoms with Gasteiger partial charge < -0.3 is 5.32 Å². The number of para-hydroxylation sites is 1. The quantitative estimate of drug-likeness (QED) is 0.664. The zero-order valence-electron chi connectivity index (χ0n) is 17.1. The summed E-state index contributed by atoms with van der Waals surface area (Å²) in [6.07, 6.45) is 4.50. The monoisotopic (exact) mass is 436 g/mol. The van der Waals surface area contributed by atoms with Gasteiger partial charge in [0.2, 0.25) is 10.0 Å². The Bertz CT molecular complexity index is 1230. The molecule has 0 unspecified atom stereocenters. The van der Waals surface area contributed by atoms with E-state index < -0.39 is 10.0 Å². The number of carbonyl (C=O) groups is 1. The molecule has 1 aromatic heterocycles. The van der Waals surface area contributed by atoms with Crippen molar-refractivity contribution >= 4 is 21.7 Å². The molecule has 2 aliphatic rings. The number of anilines is 1. The SMILES string of the molecule is O=C(Nc1c2c(nn1-c1ccccc1)CCC2)c1cccc(S(=O)(=O)N2CCCC2)c1. The van der Waals surface area contributed by atoms with E-state index in [0.29, 0.717) is 24.5 Å². The fourth-order valence-electron chi connectivity index (χ4n) is 4.33. The molecule has 1 aliphatic carbocycles. The van der Waals surface area contributed by atoms with E-state index in [1.54, 1.807) is 22.9 Å². The smallest absolute Gasteiger partial charge is 0.256 e. The first-order valence-electron chi connectivity index (χ1n) is 10.6. The molecule has 1 saturated heterocycles. The molecule has 1 N–H and O–H groups in total. The second kappa shape index (κ2) is 7.94. The molecule has 0 radical (unpaired) electrons. The van der Waals surface area contributed by atoms with Crippen LogP contribution in [0.1, 0.15) is 40.9 Å². The zero-order valence-corrected chi connectivity index (χ0v) is 17.9. The Kier molecular flexibility index (Phi) is 5.11.